The van der Waals surface area contributed by atoms with Crippen LogP contribution in [0.5, 0.6) is 0 Å². The Morgan fingerprint density at radius 3 is 2.53 bits per heavy atom. The van der Waals surface area contributed by atoms with Crippen molar-refractivity contribution in [3.05, 3.63) is 35.6 Å². The maximum absolute atomic E-state index is 12.7. The van der Waals surface area contributed by atoms with Crippen LogP contribution in [0.25, 0.3) is 0 Å². The van der Waals surface area contributed by atoms with Crippen LogP contribution in [-0.2, 0) is 10.5 Å². The van der Waals surface area contributed by atoms with Gasteiger partial charge in [-0.25, -0.2) is 4.39 Å². The molecule has 0 spiro atoms. The zero-order chi connectivity index (χ0) is 14.3. The summed E-state index contributed by atoms with van der Waals surface area (Å²) in [4.78, 5) is 11.7. The van der Waals surface area contributed by atoms with Gasteiger partial charge in [0.1, 0.15) is 5.82 Å². The van der Waals surface area contributed by atoms with Crippen molar-refractivity contribution in [2.24, 2.45) is 5.92 Å². The zero-order valence-electron chi connectivity index (χ0n) is 11.2. The highest BCUT2D eigenvalue weighted by molar-refractivity contribution is 7.99. The molecule has 0 radical (unpaired) electrons. The van der Waals surface area contributed by atoms with E-state index in [1.807, 2.05) is 13.8 Å². The van der Waals surface area contributed by atoms with Crippen LogP contribution in [0.1, 0.15) is 19.4 Å². The van der Waals surface area contributed by atoms with Crippen LogP contribution in [0.2, 0.25) is 0 Å². The molecule has 1 amide bonds. The van der Waals surface area contributed by atoms with E-state index in [4.69, 9.17) is 5.11 Å². The van der Waals surface area contributed by atoms with Gasteiger partial charge in [0.2, 0.25) is 5.91 Å². The van der Waals surface area contributed by atoms with Gasteiger partial charge in [-0.3, -0.25) is 4.79 Å². The summed E-state index contributed by atoms with van der Waals surface area (Å²) in [6, 6.07) is 6.06. The molecular formula is C14H20FNO2S. The largest absolute Gasteiger partial charge is 0.394 e. The van der Waals surface area contributed by atoms with Crippen molar-refractivity contribution in [3.63, 3.8) is 0 Å². The molecule has 0 aliphatic carbocycles. The van der Waals surface area contributed by atoms with Gasteiger partial charge in [0.15, 0.2) is 0 Å². The zero-order valence-corrected chi connectivity index (χ0v) is 12.0. The number of nitrogens with one attached hydrogen (secondary N) is 1. The molecule has 1 aromatic carbocycles. The number of carbonyl (C=O) groups is 1. The second kappa shape index (κ2) is 8.17. The Morgan fingerprint density at radius 2 is 2.00 bits per heavy atom. The monoisotopic (exact) mass is 285 g/mol. The van der Waals surface area contributed by atoms with Crippen molar-refractivity contribution in [2.45, 2.75) is 25.6 Å². The minimum Gasteiger partial charge on any atom is -0.394 e. The molecule has 19 heavy (non-hydrogen) atoms. The number of hydrogen-bond acceptors (Lipinski definition) is 3. The molecule has 0 unspecified atom stereocenters. The molecular weight excluding hydrogens is 265 g/mol. The van der Waals surface area contributed by atoms with Gasteiger partial charge in [0, 0.05) is 5.75 Å². The summed E-state index contributed by atoms with van der Waals surface area (Å²) in [5, 5.41) is 11.9. The van der Waals surface area contributed by atoms with Crippen molar-refractivity contribution in [2.75, 3.05) is 12.4 Å². The molecule has 106 valence electrons. The summed E-state index contributed by atoms with van der Waals surface area (Å²) >= 11 is 1.47. The first kappa shape index (κ1) is 16.0. The summed E-state index contributed by atoms with van der Waals surface area (Å²) < 4.78 is 12.7. The molecule has 0 saturated carbocycles. The fourth-order valence-electron chi connectivity index (χ4n) is 1.51. The summed E-state index contributed by atoms with van der Waals surface area (Å²) in [6.07, 6.45) is 0. The lowest BCUT2D eigenvalue weighted by Crippen LogP contribution is -2.42. The fraction of sp³-hybridized carbons (Fsp3) is 0.500. The van der Waals surface area contributed by atoms with Crippen molar-refractivity contribution in [1.29, 1.82) is 0 Å². The van der Waals surface area contributed by atoms with Gasteiger partial charge >= 0.3 is 0 Å². The number of aliphatic hydroxyl groups is 1. The van der Waals surface area contributed by atoms with Crippen molar-refractivity contribution in [1.82, 2.24) is 5.32 Å². The van der Waals surface area contributed by atoms with Gasteiger partial charge in [0.05, 0.1) is 18.4 Å². The van der Waals surface area contributed by atoms with Gasteiger partial charge in [-0.05, 0) is 23.6 Å². The number of halogens is 1. The second-order valence-corrected chi connectivity index (χ2v) is 5.71. The molecule has 5 heteroatoms. The second-order valence-electron chi connectivity index (χ2n) is 4.72. The first-order valence-corrected chi connectivity index (χ1v) is 7.40. The molecule has 0 aliphatic heterocycles. The quantitative estimate of drug-likeness (QED) is 0.807. The minimum atomic E-state index is -0.255. The number of carbonyl (C=O) groups excluding carboxylic acids is 1. The first-order chi connectivity index (χ1) is 9.02. The predicted molar refractivity (Wildman–Crippen MR) is 76.4 cm³/mol. The Hall–Kier alpha value is -1.07. The molecule has 2 N–H and O–H groups in total. The molecule has 0 aliphatic rings. The number of aliphatic hydroxyl groups excluding tert-OH is 1. The van der Waals surface area contributed by atoms with E-state index < -0.39 is 0 Å². The summed E-state index contributed by atoms with van der Waals surface area (Å²) in [5.41, 5.74) is 0.988. The van der Waals surface area contributed by atoms with E-state index in [0.717, 1.165) is 5.56 Å². The Balaban J connectivity index is 2.29. The SMILES string of the molecule is CC(C)[C@@H](CO)NC(=O)CSCc1ccc(F)cc1. The molecule has 3 nitrogen and oxygen atoms in total. The average molecular weight is 285 g/mol. The third-order valence-electron chi connectivity index (χ3n) is 2.76. The van der Waals surface area contributed by atoms with Crippen LogP contribution in [-0.4, -0.2) is 29.4 Å². The summed E-state index contributed by atoms with van der Waals surface area (Å²) in [7, 11) is 0. The number of amides is 1. The van der Waals surface area contributed by atoms with Crippen LogP contribution >= 0.6 is 11.8 Å². The highest BCUT2D eigenvalue weighted by Gasteiger charge is 2.14. The highest BCUT2D eigenvalue weighted by atomic mass is 32.2. The van der Waals surface area contributed by atoms with E-state index >= 15 is 0 Å². The number of benzene rings is 1. The summed E-state index contributed by atoms with van der Waals surface area (Å²) in [6.45, 7) is 3.85. The Labute approximate surface area is 117 Å². The topological polar surface area (TPSA) is 49.3 Å². The van der Waals surface area contributed by atoms with Crippen LogP contribution in [0.4, 0.5) is 4.39 Å². The molecule has 1 atom stereocenters. The lowest BCUT2D eigenvalue weighted by Gasteiger charge is -2.19. The smallest absolute Gasteiger partial charge is 0.230 e. The van der Waals surface area contributed by atoms with E-state index in [1.54, 1.807) is 12.1 Å². The molecule has 0 bridgehead atoms. The Morgan fingerprint density at radius 1 is 1.37 bits per heavy atom. The standard InChI is InChI=1S/C14H20FNO2S/c1-10(2)13(7-17)16-14(18)9-19-8-11-3-5-12(15)6-4-11/h3-6,10,13,17H,7-9H2,1-2H3,(H,16,18)/t13-/m1/s1. The average Bonchev–Trinajstić information content (AvgIpc) is 2.38. The Kier molecular flexibility index (Phi) is 6.87. The molecule has 0 fully saturated rings. The van der Waals surface area contributed by atoms with E-state index in [-0.39, 0.29) is 30.3 Å². The van der Waals surface area contributed by atoms with Crippen LogP contribution < -0.4 is 5.32 Å². The number of thioether (sulfide) groups is 1. The van der Waals surface area contributed by atoms with Crippen LogP contribution in [0.15, 0.2) is 24.3 Å². The lowest BCUT2D eigenvalue weighted by atomic mass is 10.1. The van der Waals surface area contributed by atoms with E-state index in [9.17, 15) is 9.18 Å². The number of rotatable bonds is 7. The Bertz CT molecular complexity index is 395. The van der Waals surface area contributed by atoms with Crippen LogP contribution in [0, 0.1) is 11.7 Å². The van der Waals surface area contributed by atoms with Crippen molar-refractivity contribution < 1.29 is 14.3 Å². The fourth-order valence-corrected chi connectivity index (χ4v) is 2.31. The first-order valence-electron chi connectivity index (χ1n) is 6.25. The van der Waals surface area contributed by atoms with Crippen molar-refractivity contribution >= 4 is 17.7 Å². The number of hydrogen-bond donors (Lipinski definition) is 2. The van der Waals surface area contributed by atoms with Gasteiger partial charge in [0.25, 0.3) is 0 Å². The maximum Gasteiger partial charge on any atom is 0.230 e. The highest BCUT2D eigenvalue weighted by Crippen LogP contribution is 2.12. The van der Waals surface area contributed by atoms with Crippen molar-refractivity contribution in [3.8, 4) is 0 Å². The van der Waals surface area contributed by atoms with E-state index in [0.29, 0.717) is 11.5 Å². The minimum absolute atomic E-state index is 0.0496. The van der Waals surface area contributed by atoms with Gasteiger partial charge < -0.3 is 10.4 Å². The van der Waals surface area contributed by atoms with Gasteiger partial charge in [-0.15, -0.1) is 11.8 Å². The molecule has 0 saturated heterocycles. The van der Waals surface area contributed by atoms with E-state index in [1.165, 1.54) is 23.9 Å². The molecule has 0 aromatic heterocycles. The van der Waals surface area contributed by atoms with Gasteiger partial charge in [-0.1, -0.05) is 26.0 Å². The van der Waals surface area contributed by atoms with Gasteiger partial charge in [-0.2, -0.15) is 0 Å². The third-order valence-corrected chi connectivity index (χ3v) is 3.77. The summed E-state index contributed by atoms with van der Waals surface area (Å²) in [5.74, 6) is 0.866. The third kappa shape index (κ3) is 6.07. The molecule has 1 rings (SSSR count). The molecule has 1 aromatic rings. The normalized spacial score (nSPS) is 12.5. The van der Waals surface area contributed by atoms with E-state index in [2.05, 4.69) is 5.32 Å². The maximum atomic E-state index is 12.7. The van der Waals surface area contributed by atoms with Crippen LogP contribution in [0.3, 0.4) is 0 Å². The predicted octanol–water partition coefficient (Wildman–Crippen LogP) is 2.19. The lowest BCUT2D eigenvalue weighted by molar-refractivity contribution is -0.119. The molecule has 0 heterocycles.